The summed E-state index contributed by atoms with van der Waals surface area (Å²) in [7, 11) is 0. The summed E-state index contributed by atoms with van der Waals surface area (Å²) in [6, 6.07) is 4.33. The molecule has 0 spiro atoms. The Labute approximate surface area is 110 Å². The Morgan fingerprint density at radius 1 is 1.50 bits per heavy atom. The van der Waals surface area contributed by atoms with Crippen LogP contribution in [0.15, 0.2) is 23.4 Å². The third kappa shape index (κ3) is 4.54. The second-order valence-electron chi connectivity index (χ2n) is 4.14. The third-order valence-corrected chi connectivity index (χ3v) is 3.69. The fourth-order valence-corrected chi connectivity index (χ4v) is 2.40. The van der Waals surface area contributed by atoms with E-state index in [-0.39, 0.29) is 18.4 Å². The lowest BCUT2D eigenvalue weighted by atomic mass is 10.1. The van der Waals surface area contributed by atoms with Gasteiger partial charge < -0.3 is 16.0 Å². The Bertz CT molecular complexity index is 427. The summed E-state index contributed by atoms with van der Waals surface area (Å²) in [5.41, 5.74) is 6.56. The highest BCUT2D eigenvalue weighted by Crippen LogP contribution is 2.18. The third-order valence-electron chi connectivity index (χ3n) is 2.34. The van der Waals surface area contributed by atoms with Crippen LogP contribution in [0.2, 0.25) is 0 Å². The lowest BCUT2D eigenvalue weighted by Crippen LogP contribution is -2.13. The van der Waals surface area contributed by atoms with Gasteiger partial charge in [-0.1, -0.05) is 12.1 Å². The SMILES string of the molecule is CC(CO)CSCc1cc(F)cc(/C(N)=N/O)c1. The van der Waals surface area contributed by atoms with Gasteiger partial charge in [-0.3, -0.25) is 0 Å². The van der Waals surface area contributed by atoms with Crippen molar-refractivity contribution in [3.8, 4) is 0 Å². The van der Waals surface area contributed by atoms with Crippen LogP contribution in [-0.2, 0) is 5.75 Å². The second-order valence-corrected chi connectivity index (χ2v) is 5.17. The first kappa shape index (κ1) is 14.8. The molecule has 1 aromatic carbocycles. The molecule has 0 saturated carbocycles. The number of nitrogens with zero attached hydrogens (tertiary/aromatic N) is 1. The van der Waals surface area contributed by atoms with E-state index in [1.165, 1.54) is 12.1 Å². The van der Waals surface area contributed by atoms with Gasteiger partial charge in [-0.2, -0.15) is 11.8 Å². The number of thioether (sulfide) groups is 1. The lowest BCUT2D eigenvalue weighted by Gasteiger charge is -2.08. The standard InChI is InChI=1S/C12H17FN2O2S/c1-8(5-16)6-18-7-9-2-10(12(14)15-17)4-11(13)3-9/h2-4,8,16-17H,5-7H2,1H3,(H2,14,15). The van der Waals surface area contributed by atoms with Crippen LogP contribution in [0.4, 0.5) is 4.39 Å². The molecule has 4 nitrogen and oxygen atoms in total. The van der Waals surface area contributed by atoms with E-state index in [1.54, 1.807) is 17.8 Å². The van der Waals surface area contributed by atoms with Crippen molar-refractivity contribution in [3.63, 3.8) is 0 Å². The van der Waals surface area contributed by atoms with Gasteiger partial charge >= 0.3 is 0 Å². The summed E-state index contributed by atoms with van der Waals surface area (Å²) >= 11 is 1.61. The van der Waals surface area contributed by atoms with E-state index in [9.17, 15) is 4.39 Å². The minimum Gasteiger partial charge on any atom is -0.409 e. The lowest BCUT2D eigenvalue weighted by molar-refractivity contribution is 0.250. The molecule has 0 aromatic heterocycles. The number of nitrogens with two attached hydrogens (primary N) is 1. The first-order valence-electron chi connectivity index (χ1n) is 5.52. The molecular weight excluding hydrogens is 255 g/mol. The van der Waals surface area contributed by atoms with E-state index >= 15 is 0 Å². The Morgan fingerprint density at radius 3 is 2.83 bits per heavy atom. The van der Waals surface area contributed by atoms with E-state index < -0.39 is 5.82 Å². The zero-order valence-electron chi connectivity index (χ0n) is 10.1. The highest BCUT2D eigenvalue weighted by Gasteiger charge is 2.06. The molecule has 1 unspecified atom stereocenters. The van der Waals surface area contributed by atoms with Crippen LogP contribution in [0, 0.1) is 11.7 Å². The molecule has 0 heterocycles. The number of hydrogen-bond donors (Lipinski definition) is 3. The monoisotopic (exact) mass is 272 g/mol. The predicted molar refractivity (Wildman–Crippen MR) is 71.3 cm³/mol. The molecule has 0 aliphatic rings. The van der Waals surface area contributed by atoms with Crippen LogP contribution in [0.1, 0.15) is 18.1 Å². The van der Waals surface area contributed by atoms with Gasteiger partial charge in [0.05, 0.1) is 0 Å². The van der Waals surface area contributed by atoms with Gasteiger partial charge in [0, 0.05) is 17.9 Å². The number of halogens is 1. The van der Waals surface area contributed by atoms with Crippen molar-refractivity contribution < 1.29 is 14.7 Å². The zero-order chi connectivity index (χ0) is 13.5. The highest BCUT2D eigenvalue weighted by atomic mass is 32.2. The molecule has 0 aliphatic carbocycles. The summed E-state index contributed by atoms with van der Waals surface area (Å²) < 4.78 is 13.3. The van der Waals surface area contributed by atoms with Crippen molar-refractivity contribution in [2.75, 3.05) is 12.4 Å². The molecule has 1 rings (SSSR count). The number of aliphatic hydroxyl groups is 1. The van der Waals surface area contributed by atoms with E-state index in [0.717, 1.165) is 11.3 Å². The summed E-state index contributed by atoms with van der Waals surface area (Å²) in [6.45, 7) is 2.09. The average Bonchev–Trinajstić information content (AvgIpc) is 2.36. The molecule has 6 heteroatoms. The van der Waals surface area contributed by atoms with E-state index in [2.05, 4.69) is 5.16 Å². The maximum Gasteiger partial charge on any atom is 0.170 e. The number of aliphatic hydroxyl groups excluding tert-OH is 1. The molecule has 0 fully saturated rings. The second kappa shape index (κ2) is 7.23. The predicted octanol–water partition coefficient (Wildman–Crippen LogP) is 1.78. The first-order valence-corrected chi connectivity index (χ1v) is 6.68. The van der Waals surface area contributed by atoms with E-state index in [0.29, 0.717) is 11.3 Å². The molecule has 1 aromatic rings. The van der Waals surface area contributed by atoms with Crippen molar-refractivity contribution >= 4 is 17.6 Å². The average molecular weight is 272 g/mol. The van der Waals surface area contributed by atoms with Crippen LogP contribution >= 0.6 is 11.8 Å². The molecule has 0 bridgehead atoms. The van der Waals surface area contributed by atoms with Crippen molar-refractivity contribution in [1.29, 1.82) is 0 Å². The van der Waals surface area contributed by atoms with Crippen molar-refractivity contribution in [1.82, 2.24) is 0 Å². The highest BCUT2D eigenvalue weighted by molar-refractivity contribution is 7.98. The molecule has 4 N–H and O–H groups in total. The fourth-order valence-electron chi connectivity index (χ4n) is 1.37. The van der Waals surface area contributed by atoms with Crippen molar-refractivity contribution in [2.24, 2.45) is 16.8 Å². The van der Waals surface area contributed by atoms with Crippen LogP contribution in [-0.4, -0.2) is 28.5 Å². The van der Waals surface area contributed by atoms with Crippen LogP contribution in [0.25, 0.3) is 0 Å². The van der Waals surface area contributed by atoms with Gasteiger partial charge in [-0.25, -0.2) is 4.39 Å². The van der Waals surface area contributed by atoms with Crippen LogP contribution in [0.5, 0.6) is 0 Å². The topological polar surface area (TPSA) is 78.8 Å². The molecule has 0 radical (unpaired) electrons. The minimum absolute atomic E-state index is 0.107. The molecule has 18 heavy (non-hydrogen) atoms. The first-order chi connectivity index (χ1) is 8.56. The quantitative estimate of drug-likeness (QED) is 0.319. The Hall–Kier alpha value is -1.27. The van der Waals surface area contributed by atoms with Gasteiger partial charge in [0.2, 0.25) is 0 Å². The number of rotatable bonds is 6. The van der Waals surface area contributed by atoms with Crippen molar-refractivity contribution in [3.05, 3.63) is 35.1 Å². The summed E-state index contributed by atoms with van der Waals surface area (Å²) in [5.74, 6) is 1.11. The maximum atomic E-state index is 13.3. The van der Waals surface area contributed by atoms with Gasteiger partial charge in [-0.05, 0) is 35.4 Å². The molecule has 0 aliphatic heterocycles. The molecule has 0 amide bonds. The molecule has 100 valence electrons. The number of oxime groups is 1. The van der Waals surface area contributed by atoms with Gasteiger partial charge in [-0.15, -0.1) is 0 Å². The van der Waals surface area contributed by atoms with Gasteiger partial charge in [0.25, 0.3) is 0 Å². The van der Waals surface area contributed by atoms with Crippen molar-refractivity contribution in [2.45, 2.75) is 12.7 Å². The summed E-state index contributed by atoms with van der Waals surface area (Å²) in [4.78, 5) is 0. The number of benzene rings is 1. The normalized spacial score (nSPS) is 13.6. The minimum atomic E-state index is -0.412. The van der Waals surface area contributed by atoms with E-state index in [4.69, 9.17) is 16.0 Å². The van der Waals surface area contributed by atoms with Gasteiger partial charge in [0.1, 0.15) is 5.82 Å². The summed E-state index contributed by atoms with van der Waals surface area (Å²) in [6.07, 6.45) is 0. The smallest absolute Gasteiger partial charge is 0.170 e. The molecular formula is C12H17FN2O2S. The molecule has 0 saturated heterocycles. The van der Waals surface area contributed by atoms with Gasteiger partial charge in [0.15, 0.2) is 5.84 Å². The zero-order valence-corrected chi connectivity index (χ0v) is 11.0. The number of amidine groups is 1. The maximum absolute atomic E-state index is 13.3. The Balaban J connectivity index is 2.69. The number of hydrogen-bond acceptors (Lipinski definition) is 4. The van der Waals surface area contributed by atoms with Crippen LogP contribution in [0.3, 0.4) is 0 Å². The largest absolute Gasteiger partial charge is 0.409 e. The Morgan fingerprint density at radius 2 is 2.22 bits per heavy atom. The summed E-state index contributed by atoms with van der Waals surface area (Å²) in [5, 5.41) is 20.3. The fraction of sp³-hybridized carbons (Fsp3) is 0.417. The molecule has 1 atom stereocenters. The van der Waals surface area contributed by atoms with E-state index in [1.807, 2.05) is 6.92 Å². The van der Waals surface area contributed by atoms with Crippen LogP contribution < -0.4 is 5.73 Å². The Kier molecular flexibility index (Phi) is 5.94.